The van der Waals surface area contributed by atoms with Gasteiger partial charge < -0.3 is 5.32 Å². The monoisotopic (exact) mass is 282 g/mol. The van der Waals surface area contributed by atoms with Crippen molar-refractivity contribution in [3.63, 3.8) is 0 Å². The predicted octanol–water partition coefficient (Wildman–Crippen LogP) is 4.20. The zero-order chi connectivity index (χ0) is 13.9. The van der Waals surface area contributed by atoms with Crippen LogP contribution in [0.4, 0.5) is 0 Å². The molecule has 0 atom stereocenters. The van der Waals surface area contributed by atoms with Crippen LogP contribution in [-0.2, 0) is 13.1 Å². The average molecular weight is 282 g/mol. The number of pyridine rings is 1. The molecule has 2 heterocycles. The zero-order valence-corrected chi connectivity index (χ0v) is 12.6. The molecule has 0 aliphatic rings. The summed E-state index contributed by atoms with van der Waals surface area (Å²) in [6.45, 7) is 6.00. The molecule has 102 valence electrons. The topological polar surface area (TPSA) is 24.9 Å². The van der Waals surface area contributed by atoms with Gasteiger partial charge in [-0.15, -0.1) is 11.3 Å². The number of para-hydroxylation sites is 1. The molecule has 0 aliphatic heterocycles. The van der Waals surface area contributed by atoms with E-state index in [2.05, 4.69) is 60.5 Å². The summed E-state index contributed by atoms with van der Waals surface area (Å²) in [7, 11) is 0. The van der Waals surface area contributed by atoms with Crippen molar-refractivity contribution in [3.05, 3.63) is 63.5 Å². The summed E-state index contributed by atoms with van der Waals surface area (Å²) < 4.78 is 0. The Morgan fingerprint density at radius 1 is 1.05 bits per heavy atom. The molecule has 0 spiro atoms. The number of nitrogens with zero attached hydrogens (tertiary/aromatic N) is 1. The van der Waals surface area contributed by atoms with Gasteiger partial charge in [0.05, 0.1) is 5.52 Å². The standard InChI is InChI=1S/C17H18N2S/c1-12-9-14(16-5-3-4-6-17(16)19-12)10-18-11-15-8-7-13(2)20-15/h3-9,18H,10-11H2,1-2H3. The molecule has 0 fully saturated rings. The van der Waals surface area contributed by atoms with Crippen LogP contribution in [0.5, 0.6) is 0 Å². The second kappa shape index (κ2) is 5.73. The fourth-order valence-corrected chi connectivity index (χ4v) is 3.30. The summed E-state index contributed by atoms with van der Waals surface area (Å²) in [5, 5.41) is 4.78. The average Bonchev–Trinajstić information content (AvgIpc) is 2.84. The Morgan fingerprint density at radius 2 is 1.90 bits per heavy atom. The van der Waals surface area contributed by atoms with E-state index in [9.17, 15) is 0 Å². The Kier molecular flexibility index (Phi) is 3.81. The summed E-state index contributed by atoms with van der Waals surface area (Å²) >= 11 is 1.85. The van der Waals surface area contributed by atoms with Crippen LogP contribution in [-0.4, -0.2) is 4.98 Å². The quantitative estimate of drug-likeness (QED) is 0.775. The Morgan fingerprint density at radius 3 is 2.70 bits per heavy atom. The molecule has 3 heteroatoms. The number of nitrogens with one attached hydrogen (secondary N) is 1. The van der Waals surface area contributed by atoms with E-state index in [0.717, 1.165) is 24.3 Å². The van der Waals surface area contributed by atoms with Gasteiger partial charge in [-0.25, -0.2) is 0 Å². The van der Waals surface area contributed by atoms with E-state index in [-0.39, 0.29) is 0 Å². The summed E-state index contributed by atoms with van der Waals surface area (Å²) in [6.07, 6.45) is 0. The van der Waals surface area contributed by atoms with Gasteiger partial charge in [0.1, 0.15) is 0 Å². The highest BCUT2D eigenvalue weighted by atomic mass is 32.1. The number of rotatable bonds is 4. The maximum absolute atomic E-state index is 4.58. The van der Waals surface area contributed by atoms with Gasteiger partial charge in [0.15, 0.2) is 0 Å². The molecule has 0 unspecified atom stereocenters. The van der Waals surface area contributed by atoms with Gasteiger partial charge >= 0.3 is 0 Å². The number of fused-ring (bicyclic) bond motifs is 1. The minimum Gasteiger partial charge on any atom is -0.308 e. The fraction of sp³-hybridized carbons (Fsp3) is 0.235. The first-order valence-corrected chi connectivity index (χ1v) is 7.65. The summed E-state index contributed by atoms with van der Waals surface area (Å²) in [5.74, 6) is 0. The van der Waals surface area contributed by atoms with Crippen molar-refractivity contribution in [1.29, 1.82) is 0 Å². The molecule has 2 nitrogen and oxygen atoms in total. The number of aromatic nitrogens is 1. The van der Waals surface area contributed by atoms with Crippen molar-refractivity contribution in [1.82, 2.24) is 10.3 Å². The number of thiophene rings is 1. The SMILES string of the molecule is Cc1cc(CNCc2ccc(C)s2)c2ccccc2n1. The van der Waals surface area contributed by atoms with E-state index < -0.39 is 0 Å². The Hall–Kier alpha value is -1.71. The molecule has 20 heavy (non-hydrogen) atoms. The third kappa shape index (κ3) is 2.89. The van der Waals surface area contributed by atoms with E-state index in [1.165, 1.54) is 20.7 Å². The Balaban J connectivity index is 1.77. The van der Waals surface area contributed by atoms with Crippen LogP contribution >= 0.6 is 11.3 Å². The van der Waals surface area contributed by atoms with Crippen molar-refractivity contribution in [3.8, 4) is 0 Å². The molecule has 3 aromatic rings. The van der Waals surface area contributed by atoms with Crippen LogP contribution in [0.1, 0.15) is 21.0 Å². The van der Waals surface area contributed by atoms with Crippen LogP contribution < -0.4 is 5.32 Å². The molecule has 0 radical (unpaired) electrons. The lowest BCUT2D eigenvalue weighted by Gasteiger charge is -2.08. The summed E-state index contributed by atoms with van der Waals surface area (Å²) in [5.41, 5.74) is 3.48. The van der Waals surface area contributed by atoms with Gasteiger partial charge in [-0.1, -0.05) is 18.2 Å². The van der Waals surface area contributed by atoms with E-state index in [1.807, 2.05) is 17.4 Å². The maximum atomic E-state index is 4.58. The van der Waals surface area contributed by atoms with Gasteiger partial charge in [-0.2, -0.15) is 0 Å². The second-order valence-corrected chi connectivity index (χ2v) is 6.43. The molecule has 0 bridgehead atoms. The summed E-state index contributed by atoms with van der Waals surface area (Å²) in [4.78, 5) is 7.33. The summed E-state index contributed by atoms with van der Waals surface area (Å²) in [6, 6.07) is 14.9. The van der Waals surface area contributed by atoms with Crippen molar-refractivity contribution < 1.29 is 0 Å². The van der Waals surface area contributed by atoms with Crippen molar-refractivity contribution in [2.24, 2.45) is 0 Å². The highest BCUT2D eigenvalue weighted by molar-refractivity contribution is 7.11. The Labute approximate surface area is 123 Å². The van der Waals surface area contributed by atoms with Gasteiger partial charge in [0.25, 0.3) is 0 Å². The molecular weight excluding hydrogens is 264 g/mol. The van der Waals surface area contributed by atoms with E-state index in [4.69, 9.17) is 0 Å². The molecular formula is C17H18N2S. The lowest BCUT2D eigenvalue weighted by Crippen LogP contribution is -2.12. The van der Waals surface area contributed by atoms with Crippen molar-refractivity contribution >= 4 is 22.2 Å². The van der Waals surface area contributed by atoms with E-state index >= 15 is 0 Å². The van der Waals surface area contributed by atoms with Crippen LogP contribution in [0.15, 0.2) is 42.5 Å². The second-order valence-electron chi connectivity index (χ2n) is 5.06. The zero-order valence-electron chi connectivity index (χ0n) is 11.8. The highest BCUT2D eigenvalue weighted by Gasteiger charge is 2.03. The Bertz CT molecular complexity index is 731. The molecule has 0 amide bonds. The first-order valence-electron chi connectivity index (χ1n) is 6.84. The highest BCUT2D eigenvalue weighted by Crippen LogP contribution is 2.19. The third-order valence-electron chi connectivity index (χ3n) is 3.34. The molecule has 0 saturated heterocycles. The van der Waals surface area contributed by atoms with Crippen molar-refractivity contribution in [2.45, 2.75) is 26.9 Å². The largest absolute Gasteiger partial charge is 0.308 e. The molecule has 0 aliphatic carbocycles. The van der Waals surface area contributed by atoms with Gasteiger partial charge in [0, 0.05) is 33.9 Å². The normalized spacial score (nSPS) is 11.1. The van der Waals surface area contributed by atoms with Gasteiger partial charge in [-0.05, 0) is 43.7 Å². The minimum absolute atomic E-state index is 0.876. The molecule has 1 aromatic carbocycles. The number of aryl methyl sites for hydroxylation is 2. The van der Waals surface area contributed by atoms with Crippen LogP contribution in [0, 0.1) is 13.8 Å². The molecule has 1 N–H and O–H groups in total. The van der Waals surface area contributed by atoms with Gasteiger partial charge in [0.2, 0.25) is 0 Å². The molecule has 2 aromatic heterocycles. The molecule has 3 rings (SSSR count). The predicted molar refractivity (Wildman–Crippen MR) is 86.1 cm³/mol. The minimum atomic E-state index is 0.876. The first-order chi connectivity index (χ1) is 9.72. The lowest BCUT2D eigenvalue weighted by molar-refractivity contribution is 0.703. The number of benzene rings is 1. The van der Waals surface area contributed by atoms with Crippen LogP contribution in [0.25, 0.3) is 10.9 Å². The van der Waals surface area contributed by atoms with E-state index in [0.29, 0.717) is 0 Å². The van der Waals surface area contributed by atoms with Gasteiger partial charge in [-0.3, -0.25) is 4.98 Å². The first kappa shape index (κ1) is 13.3. The molecule has 0 saturated carbocycles. The maximum Gasteiger partial charge on any atom is 0.0708 e. The van der Waals surface area contributed by atoms with Crippen LogP contribution in [0.2, 0.25) is 0 Å². The van der Waals surface area contributed by atoms with Crippen molar-refractivity contribution in [2.75, 3.05) is 0 Å². The third-order valence-corrected chi connectivity index (χ3v) is 4.34. The fourth-order valence-electron chi connectivity index (χ4n) is 2.44. The smallest absolute Gasteiger partial charge is 0.0708 e. The number of hydrogen-bond acceptors (Lipinski definition) is 3. The lowest BCUT2D eigenvalue weighted by atomic mass is 10.1. The van der Waals surface area contributed by atoms with Crippen LogP contribution in [0.3, 0.4) is 0 Å². The van der Waals surface area contributed by atoms with E-state index in [1.54, 1.807) is 0 Å². The number of hydrogen-bond donors (Lipinski definition) is 1.